The van der Waals surface area contributed by atoms with Crippen molar-refractivity contribution in [3.8, 4) is 28.4 Å². The second kappa shape index (κ2) is 10.9. The Bertz CT molecular complexity index is 939. The van der Waals surface area contributed by atoms with Crippen LogP contribution in [0, 0.1) is 0 Å². The topological polar surface area (TPSA) is 56.8 Å². The maximum atomic E-state index is 12.1. The fraction of sp³-hybridized carbons (Fsp3) is 0.240. The van der Waals surface area contributed by atoms with Gasteiger partial charge in [0.1, 0.15) is 5.75 Å². The highest BCUT2D eigenvalue weighted by molar-refractivity contribution is 5.77. The molecule has 0 aliphatic carbocycles. The van der Waals surface area contributed by atoms with Gasteiger partial charge >= 0.3 is 0 Å². The van der Waals surface area contributed by atoms with E-state index in [-0.39, 0.29) is 12.5 Å². The van der Waals surface area contributed by atoms with Crippen LogP contribution in [0.25, 0.3) is 11.1 Å². The summed E-state index contributed by atoms with van der Waals surface area (Å²) in [5.41, 5.74) is 3.17. The van der Waals surface area contributed by atoms with Crippen molar-refractivity contribution in [2.75, 3.05) is 20.3 Å². The summed E-state index contributed by atoms with van der Waals surface area (Å²) in [7, 11) is 1.60. The van der Waals surface area contributed by atoms with Gasteiger partial charge in [0.05, 0.1) is 13.7 Å². The zero-order chi connectivity index (χ0) is 21.2. The number of methoxy groups -OCH3 is 1. The van der Waals surface area contributed by atoms with Crippen molar-refractivity contribution in [1.82, 2.24) is 5.32 Å². The van der Waals surface area contributed by atoms with Crippen LogP contribution in [-0.2, 0) is 11.3 Å². The van der Waals surface area contributed by atoms with Gasteiger partial charge in [-0.3, -0.25) is 4.79 Å². The standard InChI is InChI=1S/C25H27NO4/c1-3-15-29-23-14-9-19(16-24(23)28-2)17-26-25(27)18-30-22-12-10-21(11-13-22)20-7-5-4-6-8-20/h4-14,16H,3,15,17-18H2,1-2H3,(H,26,27). The maximum Gasteiger partial charge on any atom is 0.258 e. The molecule has 5 nitrogen and oxygen atoms in total. The lowest BCUT2D eigenvalue weighted by Gasteiger charge is -2.12. The molecular formula is C25H27NO4. The molecule has 1 N–H and O–H groups in total. The molecular weight excluding hydrogens is 378 g/mol. The Morgan fingerprint density at radius 2 is 1.60 bits per heavy atom. The van der Waals surface area contributed by atoms with Gasteiger partial charge in [0.2, 0.25) is 0 Å². The predicted octanol–water partition coefficient (Wildman–Crippen LogP) is 4.85. The third kappa shape index (κ3) is 6.01. The Balaban J connectivity index is 1.48. The zero-order valence-electron chi connectivity index (χ0n) is 17.4. The summed E-state index contributed by atoms with van der Waals surface area (Å²) in [5.74, 6) is 1.83. The average molecular weight is 405 g/mol. The van der Waals surface area contributed by atoms with Crippen LogP contribution in [0.1, 0.15) is 18.9 Å². The first-order chi connectivity index (χ1) is 14.7. The van der Waals surface area contributed by atoms with Gasteiger partial charge in [0.25, 0.3) is 5.91 Å². The molecule has 30 heavy (non-hydrogen) atoms. The highest BCUT2D eigenvalue weighted by Gasteiger charge is 2.08. The molecule has 0 unspecified atom stereocenters. The van der Waals surface area contributed by atoms with Crippen LogP contribution in [0.2, 0.25) is 0 Å². The fourth-order valence-corrected chi connectivity index (χ4v) is 2.93. The molecule has 0 saturated heterocycles. The summed E-state index contributed by atoms with van der Waals surface area (Å²) in [5, 5.41) is 2.86. The second-order valence-electron chi connectivity index (χ2n) is 6.79. The molecule has 0 radical (unpaired) electrons. The third-order valence-electron chi connectivity index (χ3n) is 4.51. The Hall–Kier alpha value is -3.47. The van der Waals surface area contributed by atoms with E-state index in [1.54, 1.807) is 7.11 Å². The number of ether oxygens (including phenoxy) is 3. The summed E-state index contributed by atoms with van der Waals surface area (Å²) >= 11 is 0. The van der Waals surface area contributed by atoms with E-state index in [1.165, 1.54) is 0 Å². The van der Waals surface area contributed by atoms with E-state index in [9.17, 15) is 4.79 Å². The van der Waals surface area contributed by atoms with Crippen LogP contribution >= 0.6 is 0 Å². The van der Waals surface area contributed by atoms with E-state index in [2.05, 4.69) is 24.4 Å². The van der Waals surface area contributed by atoms with Crippen molar-refractivity contribution in [3.63, 3.8) is 0 Å². The van der Waals surface area contributed by atoms with Crippen molar-refractivity contribution < 1.29 is 19.0 Å². The number of amides is 1. The second-order valence-corrected chi connectivity index (χ2v) is 6.79. The monoisotopic (exact) mass is 405 g/mol. The number of benzene rings is 3. The molecule has 0 bridgehead atoms. The number of hydrogen-bond acceptors (Lipinski definition) is 4. The summed E-state index contributed by atoms with van der Waals surface area (Å²) in [6.07, 6.45) is 0.927. The van der Waals surface area contributed by atoms with Crippen molar-refractivity contribution in [2.45, 2.75) is 19.9 Å². The SMILES string of the molecule is CCCOc1ccc(CNC(=O)COc2ccc(-c3ccccc3)cc2)cc1OC. The van der Waals surface area contributed by atoms with Crippen LogP contribution in [0.4, 0.5) is 0 Å². The Morgan fingerprint density at radius 3 is 2.30 bits per heavy atom. The molecule has 0 saturated carbocycles. The van der Waals surface area contributed by atoms with Crippen LogP contribution < -0.4 is 19.5 Å². The van der Waals surface area contributed by atoms with Crippen molar-refractivity contribution >= 4 is 5.91 Å². The molecule has 0 heterocycles. The Labute approximate surface area is 177 Å². The molecule has 0 aliphatic rings. The van der Waals surface area contributed by atoms with Gasteiger partial charge in [-0.15, -0.1) is 0 Å². The third-order valence-corrected chi connectivity index (χ3v) is 4.51. The number of hydrogen-bond donors (Lipinski definition) is 1. The van der Waals surface area contributed by atoms with Gasteiger partial charge in [-0.25, -0.2) is 0 Å². The van der Waals surface area contributed by atoms with E-state index in [0.717, 1.165) is 23.1 Å². The number of nitrogens with one attached hydrogen (secondary N) is 1. The zero-order valence-corrected chi connectivity index (χ0v) is 17.4. The van der Waals surface area contributed by atoms with Gasteiger partial charge in [-0.2, -0.15) is 0 Å². The molecule has 156 valence electrons. The van der Waals surface area contributed by atoms with Gasteiger partial charge in [0, 0.05) is 6.54 Å². The molecule has 3 aromatic carbocycles. The molecule has 1 amide bonds. The predicted molar refractivity (Wildman–Crippen MR) is 118 cm³/mol. The molecule has 0 fully saturated rings. The van der Waals surface area contributed by atoms with Gasteiger partial charge in [-0.1, -0.05) is 55.5 Å². The lowest BCUT2D eigenvalue weighted by molar-refractivity contribution is -0.123. The van der Waals surface area contributed by atoms with Crippen molar-refractivity contribution in [3.05, 3.63) is 78.4 Å². The lowest BCUT2D eigenvalue weighted by Crippen LogP contribution is -2.28. The lowest BCUT2D eigenvalue weighted by atomic mass is 10.1. The first-order valence-electron chi connectivity index (χ1n) is 10.0. The number of carbonyl (C=O) groups is 1. The fourth-order valence-electron chi connectivity index (χ4n) is 2.93. The van der Waals surface area contributed by atoms with Crippen LogP contribution in [0.3, 0.4) is 0 Å². The number of rotatable bonds is 10. The Kier molecular flexibility index (Phi) is 7.72. The molecule has 0 aliphatic heterocycles. The van der Waals surface area contributed by atoms with Gasteiger partial charge in [0.15, 0.2) is 18.1 Å². The maximum absolute atomic E-state index is 12.1. The highest BCUT2D eigenvalue weighted by Crippen LogP contribution is 2.28. The highest BCUT2D eigenvalue weighted by atomic mass is 16.5. The first-order valence-corrected chi connectivity index (χ1v) is 10.0. The van der Waals surface area contributed by atoms with Gasteiger partial charge in [-0.05, 0) is 47.4 Å². The molecule has 0 atom stereocenters. The van der Waals surface area contributed by atoms with Crippen molar-refractivity contribution in [1.29, 1.82) is 0 Å². The van der Waals surface area contributed by atoms with Gasteiger partial charge < -0.3 is 19.5 Å². The summed E-state index contributed by atoms with van der Waals surface area (Å²) < 4.78 is 16.6. The van der Waals surface area contributed by atoms with E-state index in [0.29, 0.717) is 30.4 Å². The molecule has 0 spiro atoms. The van der Waals surface area contributed by atoms with Crippen LogP contribution in [0.5, 0.6) is 17.2 Å². The minimum atomic E-state index is -0.188. The molecule has 0 aromatic heterocycles. The van der Waals surface area contributed by atoms with E-state index < -0.39 is 0 Å². The molecule has 3 rings (SSSR count). The smallest absolute Gasteiger partial charge is 0.258 e. The van der Waals surface area contributed by atoms with Crippen molar-refractivity contribution in [2.24, 2.45) is 0 Å². The normalized spacial score (nSPS) is 10.3. The van der Waals surface area contributed by atoms with Crippen LogP contribution in [-0.4, -0.2) is 26.2 Å². The average Bonchev–Trinajstić information content (AvgIpc) is 2.81. The Morgan fingerprint density at radius 1 is 0.867 bits per heavy atom. The first kappa shape index (κ1) is 21.2. The minimum absolute atomic E-state index is 0.0421. The molecule has 3 aromatic rings. The molecule has 5 heteroatoms. The summed E-state index contributed by atoms with van der Waals surface area (Å²) in [4.78, 5) is 12.1. The van der Waals surface area contributed by atoms with Crippen LogP contribution in [0.15, 0.2) is 72.8 Å². The number of carbonyl (C=O) groups excluding carboxylic acids is 1. The van der Waals surface area contributed by atoms with E-state index in [4.69, 9.17) is 14.2 Å². The largest absolute Gasteiger partial charge is 0.493 e. The van der Waals surface area contributed by atoms with E-state index >= 15 is 0 Å². The summed E-state index contributed by atoms with van der Waals surface area (Å²) in [6.45, 7) is 3.03. The minimum Gasteiger partial charge on any atom is -0.493 e. The van der Waals surface area contributed by atoms with E-state index in [1.807, 2.05) is 60.7 Å². The summed E-state index contributed by atoms with van der Waals surface area (Å²) in [6, 6.07) is 23.5. The quantitative estimate of drug-likeness (QED) is 0.524.